The first-order valence-electron chi connectivity index (χ1n) is 7.21. The molecule has 1 aliphatic rings. The molecule has 0 spiro atoms. The predicted octanol–water partition coefficient (Wildman–Crippen LogP) is 3.03. The van der Waals surface area contributed by atoms with Crippen molar-refractivity contribution in [2.75, 3.05) is 19.6 Å². The highest BCUT2D eigenvalue weighted by molar-refractivity contribution is 4.75. The number of nitrogens with zero attached hydrogens (tertiary/aromatic N) is 1. The number of likely N-dealkylation sites (tertiary alicyclic amines) is 1. The van der Waals surface area contributed by atoms with Gasteiger partial charge in [0.05, 0.1) is 0 Å². The number of rotatable bonds is 7. The number of unbranched alkanes of at least 4 members (excludes halogenated alkanes) is 1. The van der Waals surface area contributed by atoms with Crippen molar-refractivity contribution in [3.8, 4) is 0 Å². The van der Waals surface area contributed by atoms with Crippen LogP contribution in [0.15, 0.2) is 0 Å². The van der Waals surface area contributed by atoms with Crippen LogP contribution in [0.1, 0.15) is 59.3 Å². The van der Waals surface area contributed by atoms with Crippen LogP contribution in [-0.2, 0) is 0 Å². The highest BCUT2D eigenvalue weighted by Crippen LogP contribution is 2.19. The van der Waals surface area contributed by atoms with E-state index in [0.29, 0.717) is 6.04 Å². The number of piperidine rings is 1. The third-order valence-electron chi connectivity index (χ3n) is 3.65. The number of hydrogen-bond acceptors (Lipinski definition) is 2. The molecule has 1 aliphatic heterocycles. The SMILES string of the molecule is CCC1CCCCN1CCCCNC(C)C. The molecule has 0 amide bonds. The van der Waals surface area contributed by atoms with Gasteiger partial charge in [0.25, 0.3) is 0 Å². The van der Waals surface area contributed by atoms with E-state index in [2.05, 4.69) is 31.0 Å². The molecule has 1 saturated heterocycles. The van der Waals surface area contributed by atoms with E-state index in [-0.39, 0.29) is 0 Å². The van der Waals surface area contributed by atoms with E-state index in [1.54, 1.807) is 0 Å². The fraction of sp³-hybridized carbons (Fsp3) is 1.00. The van der Waals surface area contributed by atoms with E-state index < -0.39 is 0 Å². The summed E-state index contributed by atoms with van der Waals surface area (Å²) in [6.45, 7) is 10.6. The summed E-state index contributed by atoms with van der Waals surface area (Å²) in [4.78, 5) is 2.72. The number of nitrogens with one attached hydrogen (secondary N) is 1. The van der Waals surface area contributed by atoms with Gasteiger partial charge in [0.1, 0.15) is 0 Å². The van der Waals surface area contributed by atoms with Gasteiger partial charge in [0.2, 0.25) is 0 Å². The van der Waals surface area contributed by atoms with Gasteiger partial charge in [-0.3, -0.25) is 0 Å². The van der Waals surface area contributed by atoms with Crippen molar-refractivity contribution in [3.05, 3.63) is 0 Å². The van der Waals surface area contributed by atoms with E-state index in [4.69, 9.17) is 0 Å². The summed E-state index contributed by atoms with van der Waals surface area (Å²) in [6.07, 6.45) is 8.32. The Hall–Kier alpha value is -0.0800. The molecule has 0 radical (unpaired) electrons. The van der Waals surface area contributed by atoms with E-state index >= 15 is 0 Å². The zero-order valence-corrected chi connectivity index (χ0v) is 11.5. The lowest BCUT2D eigenvalue weighted by Crippen LogP contribution is -2.39. The smallest absolute Gasteiger partial charge is 0.00926 e. The Balaban J connectivity index is 2.06. The predicted molar refractivity (Wildman–Crippen MR) is 71.9 cm³/mol. The van der Waals surface area contributed by atoms with Crippen LogP contribution in [-0.4, -0.2) is 36.6 Å². The molecule has 1 N–H and O–H groups in total. The maximum atomic E-state index is 3.49. The Morgan fingerprint density at radius 3 is 2.75 bits per heavy atom. The zero-order chi connectivity index (χ0) is 11.8. The van der Waals surface area contributed by atoms with Gasteiger partial charge in [-0.2, -0.15) is 0 Å². The minimum atomic E-state index is 0.637. The van der Waals surface area contributed by atoms with E-state index in [0.717, 1.165) is 6.04 Å². The Labute approximate surface area is 102 Å². The molecule has 0 aliphatic carbocycles. The lowest BCUT2D eigenvalue weighted by Gasteiger charge is -2.35. The van der Waals surface area contributed by atoms with Gasteiger partial charge < -0.3 is 10.2 Å². The Morgan fingerprint density at radius 2 is 2.06 bits per heavy atom. The topological polar surface area (TPSA) is 15.3 Å². The number of hydrogen-bond donors (Lipinski definition) is 1. The fourth-order valence-corrected chi connectivity index (χ4v) is 2.65. The van der Waals surface area contributed by atoms with Crippen molar-refractivity contribution < 1.29 is 0 Å². The van der Waals surface area contributed by atoms with E-state index in [9.17, 15) is 0 Å². The molecule has 0 aromatic carbocycles. The fourth-order valence-electron chi connectivity index (χ4n) is 2.65. The van der Waals surface area contributed by atoms with Crippen LogP contribution < -0.4 is 5.32 Å². The molecular weight excluding hydrogens is 196 g/mol. The minimum Gasteiger partial charge on any atom is -0.315 e. The van der Waals surface area contributed by atoms with Crippen molar-refractivity contribution in [2.45, 2.75) is 71.4 Å². The summed E-state index contributed by atoms with van der Waals surface area (Å²) in [7, 11) is 0. The molecule has 2 heteroatoms. The van der Waals surface area contributed by atoms with Crippen molar-refractivity contribution in [2.24, 2.45) is 0 Å². The molecule has 16 heavy (non-hydrogen) atoms. The molecule has 1 atom stereocenters. The molecule has 0 saturated carbocycles. The molecule has 0 bridgehead atoms. The average molecular weight is 226 g/mol. The first-order chi connectivity index (χ1) is 7.74. The Bertz CT molecular complexity index is 168. The summed E-state index contributed by atoms with van der Waals surface area (Å²) in [5.74, 6) is 0. The quantitative estimate of drug-likeness (QED) is 0.671. The van der Waals surface area contributed by atoms with Crippen LogP contribution in [0.2, 0.25) is 0 Å². The molecular formula is C14H30N2. The Kier molecular flexibility index (Phi) is 7.06. The monoisotopic (exact) mass is 226 g/mol. The molecule has 96 valence electrons. The first kappa shape index (κ1) is 14.0. The summed E-state index contributed by atoms with van der Waals surface area (Å²) in [5, 5.41) is 3.49. The summed E-state index contributed by atoms with van der Waals surface area (Å²) < 4.78 is 0. The van der Waals surface area contributed by atoms with E-state index in [1.807, 2.05) is 0 Å². The second-order valence-electron chi connectivity index (χ2n) is 5.41. The van der Waals surface area contributed by atoms with Crippen molar-refractivity contribution >= 4 is 0 Å². The van der Waals surface area contributed by atoms with Gasteiger partial charge in [0, 0.05) is 12.1 Å². The van der Waals surface area contributed by atoms with Gasteiger partial charge in [-0.1, -0.05) is 27.2 Å². The Morgan fingerprint density at radius 1 is 1.25 bits per heavy atom. The van der Waals surface area contributed by atoms with Crippen molar-refractivity contribution in [1.82, 2.24) is 10.2 Å². The van der Waals surface area contributed by atoms with Crippen LogP contribution in [0, 0.1) is 0 Å². The third kappa shape index (κ3) is 5.31. The van der Waals surface area contributed by atoms with Gasteiger partial charge in [0.15, 0.2) is 0 Å². The molecule has 2 nitrogen and oxygen atoms in total. The van der Waals surface area contributed by atoms with Crippen molar-refractivity contribution in [3.63, 3.8) is 0 Å². The highest BCUT2D eigenvalue weighted by atomic mass is 15.2. The van der Waals surface area contributed by atoms with Crippen LogP contribution in [0.3, 0.4) is 0 Å². The molecule has 0 aromatic rings. The highest BCUT2D eigenvalue weighted by Gasteiger charge is 2.19. The standard InChI is InChI=1S/C14H30N2/c1-4-14-9-5-7-11-16(14)12-8-6-10-15-13(2)3/h13-15H,4-12H2,1-3H3. The maximum absolute atomic E-state index is 3.49. The van der Waals surface area contributed by atoms with Crippen LogP contribution in [0.4, 0.5) is 0 Å². The van der Waals surface area contributed by atoms with Crippen LogP contribution in [0.5, 0.6) is 0 Å². The molecule has 1 rings (SSSR count). The van der Waals surface area contributed by atoms with Crippen LogP contribution in [0.25, 0.3) is 0 Å². The second-order valence-corrected chi connectivity index (χ2v) is 5.41. The molecule has 1 heterocycles. The van der Waals surface area contributed by atoms with E-state index in [1.165, 1.54) is 58.2 Å². The minimum absolute atomic E-state index is 0.637. The summed E-state index contributed by atoms with van der Waals surface area (Å²) >= 11 is 0. The largest absolute Gasteiger partial charge is 0.315 e. The van der Waals surface area contributed by atoms with Crippen molar-refractivity contribution in [1.29, 1.82) is 0 Å². The maximum Gasteiger partial charge on any atom is 0.00926 e. The third-order valence-corrected chi connectivity index (χ3v) is 3.65. The summed E-state index contributed by atoms with van der Waals surface area (Å²) in [5.41, 5.74) is 0. The lowest BCUT2D eigenvalue weighted by molar-refractivity contribution is 0.141. The second kappa shape index (κ2) is 8.08. The normalized spacial score (nSPS) is 22.9. The van der Waals surface area contributed by atoms with Crippen LogP contribution >= 0.6 is 0 Å². The average Bonchev–Trinajstić information content (AvgIpc) is 2.29. The van der Waals surface area contributed by atoms with Gasteiger partial charge in [-0.15, -0.1) is 0 Å². The molecule has 1 fully saturated rings. The molecule has 0 aromatic heterocycles. The zero-order valence-electron chi connectivity index (χ0n) is 11.5. The van der Waals surface area contributed by atoms with Gasteiger partial charge in [-0.25, -0.2) is 0 Å². The first-order valence-corrected chi connectivity index (χ1v) is 7.21. The molecule has 1 unspecified atom stereocenters. The van der Waals surface area contributed by atoms with Gasteiger partial charge >= 0.3 is 0 Å². The lowest BCUT2D eigenvalue weighted by atomic mass is 10.00. The summed E-state index contributed by atoms with van der Waals surface area (Å²) in [6, 6.07) is 1.52. The van der Waals surface area contributed by atoms with Gasteiger partial charge in [-0.05, 0) is 51.7 Å².